The Morgan fingerprint density at radius 3 is 2.50 bits per heavy atom. The maximum Gasteiger partial charge on any atom is 0.309 e. The Hall–Kier alpha value is -0.570. The molecule has 0 aromatic rings. The van der Waals surface area contributed by atoms with Gasteiger partial charge >= 0.3 is 5.97 Å². The molecule has 1 unspecified atom stereocenters. The standard InChI is InChI=1S/C11H23NO2/c1-5-7-8-12(3)9-10(6-2)11(13)14-4/h10H,5-9H2,1-4H3. The lowest BCUT2D eigenvalue weighted by Gasteiger charge is -2.21. The van der Waals surface area contributed by atoms with E-state index in [0.29, 0.717) is 0 Å². The average molecular weight is 201 g/mol. The van der Waals surface area contributed by atoms with E-state index in [9.17, 15) is 4.79 Å². The van der Waals surface area contributed by atoms with Crippen LogP contribution in [0.3, 0.4) is 0 Å². The minimum Gasteiger partial charge on any atom is -0.469 e. The van der Waals surface area contributed by atoms with Crippen molar-refractivity contribution in [2.45, 2.75) is 33.1 Å². The molecule has 0 radical (unpaired) electrons. The van der Waals surface area contributed by atoms with Gasteiger partial charge in [-0.25, -0.2) is 0 Å². The molecule has 0 rings (SSSR count). The van der Waals surface area contributed by atoms with Gasteiger partial charge < -0.3 is 9.64 Å². The zero-order valence-corrected chi connectivity index (χ0v) is 9.88. The lowest BCUT2D eigenvalue weighted by atomic mass is 10.1. The predicted molar refractivity (Wildman–Crippen MR) is 58.2 cm³/mol. The van der Waals surface area contributed by atoms with Gasteiger partial charge in [0.1, 0.15) is 0 Å². The van der Waals surface area contributed by atoms with Crippen LogP contribution in [0.15, 0.2) is 0 Å². The summed E-state index contributed by atoms with van der Waals surface area (Å²) in [6.45, 7) is 6.06. The first-order valence-corrected chi connectivity index (χ1v) is 5.42. The van der Waals surface area contributed by atoms with E-state index >= 15 is 0 Å². The van der Waals surface area contributed by atoms with Crippen molar-refractivity contribution in [3.05, 3.63) is 0 Å². The number of ether oxygens (including phenoxy) is 1. The Morgan fingerprint density at radius 2 is 2.07 bits per heavy atom. The molecule has 0 amide bonds. The first-order valence-electron chi connectivity index (χ1n) is 5.42. The van der Waals surface area contributed by atoms with Crippen LogP contribution < -0.4 is 0 Å². The fourth-order valence-electron chi connectivity index (χ4n) is 1.43. The Bertz CT molecular complexity index is 159. The van der Waals surface area contributed by atoms with Gasteiger partial charge in [0, 0.05) is 6.54 Å². The molecule has 0 bridgehead atoms. The second kappa shape index (κ2) is 7.80. The van der Waals surface area contributed by atoms with Crippen LogP contribution in [0.5, 0.6) is 0 Å². The van der Waals surface area contributed by atoms with E-state index in [0.717, 1.165) is 19.5 Å². The number of methoxy groups -OCH3 is 1. The number of hydrogen-bond donors (Lipinski definition) is 0. The van der Waals surface area contributed by atoms with Crippen LogP contribution >= 0.6 is 0 Å². The minimum absolute atomic E-state index is 0.0295. The molecule has 0 N–H and O–H groups in total. The third-order valence-electron chi connectivity index (χ3n) is 2.45. The summed E-state index contributed by atoms with van der Waals surface area (Å²) in [4.78, 5) is 13.5. The molecule has 3 heteroatoms. The lowest BCUT2D eigenvalue weighted by Crippen LogP contribution is -2.31. The van der Waals surface area contributed by atoms with Crippen molar-refractivity contribution in [2.24, 2.45) is 5.92 Å². The largest absolute Gasteiger partial charge is 0.469 e. The van der Waals surface area contributed by atoms with E-state index in [4.69, 9.17) is 4.74 Å². The molecule has 14 heavy (non-hydrogen) atoms. The topological polar surface area (TPSA) is 29.5 Å². The van der Waals surface area contributed by atoms with Crippen LogP contribution in [0.1, 0.15) is 33.1 Å². The molecule has 0 aliphatic heterocycles. The maximum absolute atomic E-state index is 11.3. The molecule has 0 aromatic carbocycles. The van der Waals surface area contributed by atoms with Crippen molar-refractivity contribution >= 4 is 5.97 Å². The highest BCUT2D eigenvalue weighted by Crippen LogP contribution is 2.07. The summed E-state index contributed by atoms with van der Waals surface area (Å²) < 4.78 is 4.74. The predicted octanol–water partition coefficient (Wildman–Crippen LogP) is 1.92. The summed E-state index contributed by atoms with van der Waals surface area (Å²) in [5.41, 5.74) is 0. The molecule has 0 fully saturated rings. The van der Waals surface area contributed by atoms with Crippen molar-refractivity contribution in [1.29, 1.82) is 0 Å². The van der Waals surface area contributed by atoms with Gasteiger partial charge in [0.25, 0.3) is 0 Å². The molecule has 3 nitrogen and oxygen atoms in total. The number of nitrogens with zero attached hydrogens (tertiary/aromatic N) is 1. The molecule has 0 aliphatic rings. The van der Waals surface area contributed by atoms with Crippen LogP contribution in [-0.4, -0.2) is 38.1 Å². The van der Waals surface area contributed by atoms with Crippen molar-refractivity contribution in [3.63, 3.8) is 0 Å². The fraction of sp³-hybridized carbons (Fsp3) is 0.909. The van der Waals surface area contributed by atoms with E-state index in [1.807, 2.05) is 6.92 Å². The van der Waals surface area contributed by atoms with Crippen LogP contribution in [0.25, 0.3) is 0 Å². The van der Waals surface area contributed by atoms with Gasteiger partial charge in [0.2, 0.25) is 0 Å². The van der Waals surface area contributed by atoms with Crippen LogP contribution in [0, 0.1) is 5.92 Å². The van der Waals surface area contributed by atoms with Gasteiger partial charge in [-0.2, -0.15) is 0 Å². The second-order valence-corrected chi connectivity index (χ2v) is 3.74. The fourth-order valence-corrected chi connectivity index (χ4v) is 1.43. The number of esters is 1. The summed E-state index contributed by atoms with van der Waals surface area (Å²) in [7, 11) is 3.51. The van der Waals surface area contributed by atoms with Crippen molar-refractivity contribution < 1.29 is 9.53 Å². The highest BCUT2D eigenvalue weighted by atomic mass is 16.5. The highest BCUT2D eigenvalue weighted by Gasteiger charge is 2.18. The molecule has 1 atom stereocenters. The first kappa shape index (κ1) is 13.4. The molecule has 0 heterocycles. The third kappa shape index (κ3) is 5.22. The first-order chi connectivity index (χ1) is 6.65. The monoisotopic (exact) mass is 201 g/mol. The molecule has 84 valence electrons. The van der Waals surface area contributed by atoms with Crippen molar-refractivity contribution in [3.8, 4) is 0 Å². The van der Waals surface area contributed by atoms with Gasteiger partial charge in [-0.1, -0.05) is 20.3 Å². The summed E-state index contributed by atoms with van der Waals surface area (Å²) >= 11 is 0. The molecule has 0 saturated heterocycles. The van der Waals surface area contributed by atoms with Gasteiger partial charge in [0.15, 0.2) is 0 Å². The number of carbonyl (C=O) groups excluding carboxylic acids is 1. The molecule has 0 saturated carbocycles. The molecule has 0 aromatic heterocycles. The summed E-state index contributed by atoms with van der Waals surface area (Å²) in [5, 5.41) is 0. The highest BCUT2D eigenvalue weighted by molar-refractivity contribution is 5.72. The van der Waals surface area contributed by atoms with E-state index in [2.05, 4.69) is 18.9 Å². The smallest absolute Gasteiger partial charge is 0.309 e. The van der Waals surface area contributed by atoms with E-state index in [1.165, 1.54) is 20.0 Å². The van der Waals surface area contributed by atoms with Crippen molar-refractivity contribution in [2.75, 3.05) is 27.2 Å². The zero-order valence-electron chi connectivity index (χ0n) is 9.88. The van der Waals surface area contributed by atoms with Gasteiger partial charge in [-0.3, -0.25) is 4.79 Å². The summed E-state index contributed by atoms with van der Waals surface area (Å²) in [6, 6.07) is 0. The Balaban J connectivity index is 3.85. The Morgan fingerprint density at radius 1 is 1.43 bits per heavy atom. The minimum atomic E-state index is -0.0872. The second-order valence-electron chi connectivity index (χ2n) is 3.74. The molecular formula is C11H23NO2. The average Bonchev–Trinajstić information content (AvgIpc) is 2.21. The van der Waals surface area contributed by atoms with Crippen molar-refractivity contribution in [1.82, 2.24) is 4.90 Å². The molecular weight excluding hydrogens is 178 g/mol. The zero-order chi connectivity index (χ0) is 11.0. The summed E-state index contributed by atoms with van der Waals surface area (Å²) in [6.07, 6.45) is 3.23. The van der Waals surface area contributed by atoms with E-state index in [1.54, 1.807) is 0 Å². The van der Waals surface area contributed by atoms with Crippen LogP contribution in [-0.2, 0) is 9.53 Å². The van der Waals surface area contributed by atoms with E-state index in [-0.39, 0.29) is 11.9 Å². The Kier molecular flexibility index (Phi) is 7.48. The summed E-state index contributed by atoms with van der Waals surface area (Å²) in [5.74, 6) is -0.0577. The lowest BCUT2D eigenvalue weighted by molar-refractivity contribution is -0.146. The van der Waals surface area contributed by atoms with Gasteiger partial charge in [0.05, 0.1) is 13.0 Å². The third-order valence-corrected chi connectivity index (χ3v) is 2.45. The molecule has 0 aliphatic carbocycles. The normalized spacial score (nSPS) is 12.9. The number of unbranched alkanes of at least 4 members (excludes halogenated alkanes) is 1. The number of carbonyl (C=O) groups is 1. The SMILES string of the molecule is CCCCN(C)CC(CC)C(=O)OC. The maximum atomic E-state index is 11.3. The quantitative estimate of drug-likeness (QED) is 0.589. The van der Waals surface area contributed by atoms with Gasteiger partial charge in [-0.15, -0.1) is 0 Å². The number of hydrogen-bond acceptors (Lipinski definition) is 3. The van der Waals surface area contributed by atoms with E-state index < -0.39 is 0 Å². The molecule has 0 spiro atoms. The van der Waals surface area contributed by atoms with Crippen LogP contribution in [0.4, 0.5) is 0 Å². The van der Waals surface area contributed by atoms with Crippen LogP contribution in [0.2, 0.25) is 0 Å². The Labute approximate surface area is 87.4 Å². The number of rotatable bonds is 7. The van der Waals surface area contributed by atoms with Gasteiger partial charge in [-0.05, 0) is 26.4 Å².